The molecule has 0 aliphatic carbocycles. The number of nitrogens with one attached hydrogen (secondary N) is 2. The maximum Gasteiger partial charge on any atom is 0.106 e. The minimum Gasteiger partial charge on any atom is -0.329 e. The Hall–Kier alpha value is -0.0800. The lowest BCUT2D eigenvalue weighted by atomic mass is 9.71. The van der Waals surface area contributed by atoms with Crippen LogP contribution in [0, 0.1) is 5.92 Å². The van der Waals surface area contributed by atoms with E-state index < -0.39 is 0 Å². The van der Waals surface area contributed by atoms with Crippen molar-refractivity contribution in [1.82, 2.24) is 5.32 Å². The second-order valence-corrected chi connectivity index (χ2v) is 6.79. The van der Waals surface area contributed by atoms with Crippen molar-refractivity contribution in [1.29, 1.82) is 0 Å². The van der Waals surface area contributed by atoms with E-state index in [0.717, 1.165) is 11.5 Å². The molecule has 2 atom stereocenters. The summed E-state index contributed by atoms with van der Waals surface area (Å²) in [5, 5.41) is 3.35. The fourth-order valence-electron chi connectivity index (χ4n) is 4.66. The highest BCUT2D eigenvalue weighted by Gasteiger charge is 2.56. The molecule has 0 spiro atoms. The molecule has 2 unspecified atom stereocenters. The zero-order valence-corrected chi connectivity index (χ0v) is 13.3. The maximum atomic E-state index is 3.35. The molecule has 0 saturated carbocycles. The summed E-state index contributed by atoms with van der Waals surface area (Å²) in [7, 11) is 0. The molecule has 0 bridgehead atoms. The van der Waals surface area contributed by atoms with Crippen molar-refractivity contribution >= 4 is 0 Å². The summed E-state index contributed by atoms with van der Waals surface area (Å²) in [6, 6.07) is 0. The van der Waals surface area contributed by atoms with Gasteiger partial charge in [0.15, 0.2) is 0 Å². The molecule has 3 saturated heterocycles. The minimum absolute atomic E-state index is 0.767. The third kappa shape index (κ3) is 3.52. The molecule has 0 aromatic heterocycles. The van der Waals surface area contributed by atoms with Crippen LogP contribution in [0.5, 0.6) is 0 Å². The van der Waals surface area contributed by atoms with E-state index in [-0.39, 0.29) is 0 Å². The monoisotopic (exact) mass is 267 g/mol. The molecule has 0 amide bonds. The van der Waals surface area contributed by atoms with Crippen LogP contribution >= 0.6 is 0 Å². The highest BCUT2D eigenvalue weighted by atomic mass is 15.3. The van der Waals surface area contributed by atoms with E-state index in [9.17, 15) is 0 Å². The number of quaternary nitrogens is 1. The van der Waals surface area contributed by atoms with Crippen molar-refractivity contribution < 1.29 is 4.90 Å². The van der Waals surface area contributed by atoms with Gasteiger partial charge in [-0.3, -0.25) is 0 Å². The number of rotatable bonds is 3. The third-order valence-corrected chi connectivity index (χ3v) is 5.90. The summed E-state index contributed by atoms with van der Waals surface area (Å²) in [6.45, 7) is 10.2. The van der Waals surface area contributed by atoms with Gasteiger partial charge in [-0.25, -0.2) is 0 Å². The molecule has 2 heteroatoms. The van der Waals surface area contributed by atoms with Crippen LogP contribution < -0.4 is 10.2 Å². The second-order valence-electron chi connectivity index (χ2n) is 6.79. The van der Waals surface area contributed by atoms with Gasteiger partial charge >= 0.3 is 0 Å². The Morgan fingerprint density at radius 3 is 2.05 bits per heavy atom. The summed E-state index contributed by atoms with van der Waals surface area (Å²) in [6.07, 6.45) is 13.0. The summed E-state index contributed by atoms with van der Waals surface area (Å²) < 4.78 is 0. The average molecular weight is 267 g/mol. The van der Waals surface area contributed by atoms with E-state index >= 15 is 0 Å². The largest absolute Gasteiger partial charge is 0.329 e. The number of fused-ring (bicyclic) bond motifs is 1. The molecule has 112 valence electrons. The minimum atomic E-state index is 0.767. The predicted octanol–water partition coefficient (Wildman–Crippen LogP) is 2.39. The quantitative estimate of drug-likeness (QED) is 0.803. The van der Waals surface area contributed by atoms with E-state index in [1.807, 2.05) is 4.90 Å². The van der Waals surface area contributed by atoms with Crippen LogP contribution in [0.4, 0.5) is 0 Å². The normalized spacial score (nSPS) is 33.9. The smallest absolute Gasteiger partial charge is 0.106 e. The Bertz CT molecular complexity index is 230. The first-order chi connectivity index (χ1) is 9.33. The topological polar surface area (TPSA) is 16.5 Å². The van der Waals surface area contributed by atoms with E-state index in [1.165, 1.54) is 84.0 Å². The molecule has 0 aromatic rings. The molecule has 3 aliphatic rings. The van der Waals surface area contributed by atoms with Gasteiger partial charge in [-0.1, -0.05) is 26.7 Å². The lowest BCUT2D eigenvalue weighted by molar-refractivity contribution is -0.988. The van der Waals surface area contributed by atoms with Gasteiger partial charge in [-0.05, 0) is 38.8 Å². The fourth-order valence-corrected chi connectivity index (χ4v) is 4.66. The molecule has 0 radical (unpaired) electrons. The zero-order valence-electron chi connectivity index (χ0n) is 13.3. The van der Waals surface area contributed by atoms with Gasteiger partial charge in [0.1, 0.15) is 5.54 Å². The summed E-state index contributed by atoms with van der Waals surface area (Å²) in [5.74, 6) is 1.02. The lowest BCUT2D eigenvalue weighted by Crippen LogP contribution is -3.25. The van der Waals surface area contributed by atoms with Crippen molar-refractivity contribution in [3.8, 4) is 0 Å². The molecule has 0 aromatic carbocycles. The SMILES string of the molecule is C1CCCNCC1.CCC(CC)C12CCC[NH+]1CC2. The Balaban J connectivity index is 0.000000163. The fraction of sp³-hybridized carbons (Fsp3) is 1.00. The number of hydrogen-bond donors (Lipinski definition) is 2. The highest BCUT2D eigenvalue weighted by molar-refractivity contribution is 4.93. The molecule has 2 nitrogen and oxygen atoms in total. The van der Waals surface area contributed by atoms with Gasteiger partial charge in [0.2, 0.25) is 0 Å². The Labute approximate surface area is 120 Å². The Morgan fingerprint density at radius 1 is 0.895 bits per heavy atom. The van der Waals surface area contributed by atoms with Crippen molar-refractivity contribution in [3.63, 3.8) is 0 Å². The molecule has 3 heterocycles. The first kappa shape index (κ1) is 15.3. The summed E-state index contributed by atoms with van der Waals surface area (Å²) >= 11 is 0. The molecule has 3 rings (SSSR count). The van der Waals surface area contributed by atoms with Crippen molar-refractivity contribution in [2.75, 3.05) is 26.2 Å². The standard InChI is InChI=1S/C11H21N.C6H13N/c1-3-10(4-2)11-6-5-8-12(11)9-7-11;1-2-4-6-7-5-3-1/h10H,3-9H2,1-2H3;7H,1-6H2/p+1. The van der Waals surface area contributed by atoms with Crippen LogP contribution in [0.1, 0.15) is 71.6 Å². The van der Waals surface area contributed by atoms with E-state index in [1.54, 1.807) is 0 Å². The average Bonchev–Trinajstić information content (AvgIpc) is 2.68. The van der Waals surface area contributed by atoms with Crippen LogP contribution in [-0.4, -0.2) is 31.7 Å². The van der Waals surface area contributed by atoms with Crippen LogP contribution in [0.3, 0.4) is 0 Å². The highest BCUT2D eigenvalue weighted by Crippen LogP contribution is 2.35. The molecule has 2 N–H and O–H groups in total. The van der Waals surface area contributed by atoms with Crippen LogP contribution in [-0.2, 0) is 0 Å². The van der Waals surface area contributed by atoms with Gasteiger partial charge in [0.05, 0.1) is 19.5 Å². The van der Waals surface area contributed by atoms with E-state index in [0.29, 0.717) is 0 Å². The van der Waals surface area contributed by atoms with Gasteiger partial charge in [0, 0.05) is 18.8 Å². The first-order valence-corrected chi connectivity index (χ1v) is 8.89. The van der Waals surface area contributed by atoms with Crippen LogP contribution in [0.2, 0.25) is 0 Å². The molecule has 3 aliphatic heterocycles. The van der Waals surface area contributed by atoms with E-state index in [4.69, 9.17) is 0 Å². The van der Waals surface area contributed by atoms with Crippen LogP contribution in [0.15, 0.2) is 0 Å². The summed E-state index contributed by atoms with van der Waals surface area (Å²) in [4.78, 5) is 1.94. The predicted molar refractivity (Wildman–Crippen MR) is 82.7 cm³/mol. The Kier molecular flexibility index (Phi) is 6.15. The van der Waals surface area contributed by atoms with Crippen molar-refractivity contribution in [2.45, 2.75) is 77.2 Å². The molecule has 19 heavy (non-hydrogen) atoms. The van der Waals surface area contributed by atoms with Gasteiger partial charge in [0.25, 0.3) is 0 Å². The number of hydrogen-bond acceptors (Lipinski definition) is 1. The first-order valence-electron chi connectivity index (χ1n) is 8.89. The summed E-state index contributed by atoms with van der Waals surface area (Å²) in [5.41, 5.74) is 0.767. The zero-order chi connectivity index (χ0) is 13.6. The molecular weight excluding hydrogens is 232 g/mol. The maximum absolute atomic E-state index is 3.35. The Morgan fingerprint density at radius 2 is 1.58 bits per heavy atom. The van der Waals surface area contributed by atoms with Crippen molar-refractivity contribution in [2.24, 2.45) is 5.92 Å². The van der Waals surface area contributed by atoms with Gasteiger partial charge in [-0.2, -0.15) is 0 Å². The van der Waals surface area contributed by atoms with Crippen molar-refractivity contribution in [3.05, 3.63) is 0 Å². The van der Waals surface area contributed by atoms with E-state index in [2.05, 4.69) is 19.2 Å². The lowest BCUT2D eigenvalue weighted by Gasteiger charge is -2.49. The van der Waals surface area contributed by atoms with Crippen LogP contribution in [0.25, 0.3) is 0 Å². The molecular formula is C17H35N2+. The van der Waals surface area contributed by atoms with Gasteiger partial charge in [-0.15, -0.1) is 0 Å². The second kappa shape index (κ2) is 7.64. The molecule has 3 fully saturated rings. The third-order valence-electron chi connectivity index (χ3n) is 5.90. The van der Waals surface area contributed by atoms with Gasteiger partial charge < -0.3 is 10.2 Å².